The van der Waals surface area contributed by atoms with Crippen molar-refractivity contribution in [3.05, 3.63) is 35.1 Å². The van der Waals surface area contributed by atoms with Crippen molar-refractivity contribution >= 4 is 5.91 Å². The first kappa shape index (κ1) is 12.1. The Bertz CT molecular complexity index is 439. The Morgan fingerprint density at radius 1 is 1.62 bits per heavy atom. The summed E-state index contributed by atoms with van der Waals surface area (Å²) in [5.41, 5.74) is 5.78. The third kappa shape index (κ3) is 3.33. The number of nitrogens with two attached hydrogens (primary N) is 1. The van der Waals surface area contributed by atoms with Crippen molar-refractivity contribution in [1.82, 2.24) is 4.90 Å². The van der Waals surface area contributed by atoms with Crippen molar-refractivity contribution in [2.24, 2.45) is 5.73 Å². The molecule has 0 radical (unpaired) electrons. The van der Waals surface area contributed by atoms with Crippen LogP contribution in [-0.2, 0) is 11.3 Å². The Kier molecular flexibility index (Phi) is 3.97. The number of hydrogen-bond donors (Lipinski definition) is 1. The third-order valence-corrected chi connectivity index (χ3v) is 2.04. The summed E-state index contributed by atoms with van der Waals surface area (Å²) in [6, 6.07) is 6.05. The van der Waals surface area contributed by atoms with Crippen LogP contribution in [0.25, 0.3) is 0 Å². The molecule has 4 nitrogen and oxygen atoms in total. The zero-order chi connectivity index (χ0) is 12.1. The topological polar surface area (TPSA) is 70.1 Å². The molecule has 0 aromatic heterocycles. The molecule has 0 unspecified atom stereocenters. The average molecular weight is 221 g/mol. The fourth-order valence-corrected chi connectivity index (χ4v) is 1.38. The first-order chi connectivity index (χ1) is 7.52. The number of primary amides is 1. The van der Waals surface area contributed by atoms with E-state index in [9.17, 15) is 9.18 Å². The number of benzene rings is 1. The number of halogens is 1. The highest BCUT2D eigenvalue weighted by molar-refractivity contribution is 5.75. The smallest absolute Gasteiger partial charge is 0.231 e. The zero-order valence-corrected chi connectivity index (χ0v) is 8.90. The van der Waals surface area contributed by atoms with Crippen LogP contribution in [-0.4, -0.2) is 24.4 Å². The van der Waals surface area contributed by atoms with E-state index in [1.165, 1.54) is 18.2 Å². The van der Waals surface area contributed by atoms with Gasteiger partial charge in [0, 0.05) is 12.1 Å². The molecular weight excluding hydrogens is 209 g/mol. The molecule has 2 N–H and O–H groups in total. The first-order valence-electron chi connectivity index (χ1n) is 4.68. The van der Waals surface area contributed by atoms with E-state index in [1.54, 1.807) is 11.9 Å². The van der Waals surface area contributed by atoms with Gasteiger partial charge in [-0.1, -0.05) is 0 Å². The minimum absolute atomic E-state index is 0.0518. The Labute approximate surface area is 93.1 Å². The van der Waals surface area contributed by atoms with Crippen molar-refractivity contribution in [3.63, 3.8) is 0 Å². The van der Waals surface area contributed by atoms with Gasteiger partial charge in [-0.15, -0.1) is 0 Å². The molecular formula is C11H12FN3O. The largest absolute Gasteiger partial charge is 0.369 e. The van der Waals surface area contributed by atoms with Crippen molar-refractivity contribution in [1.29, 1.82) is 5.26 Å². The van der Waals surface area contributed by atoms with E-state index < -0.39 is 11.7 Å². The maximum Gasteiger partial charge on any atom is 0.231 e. The molecule has 84 valence electrons. The molecule has 0 bridgehead atoms. The van der Waals surface area contributed by atoms with Gasteiger partial charge >= 0.3 is 0 Å². The van der Waals surface area contributed by atoms with Gasteiger partial charge in [0.05, 0.1) is 18.2 Å². The molecule has 1 rings (SSSR count). The highest BCUT2D eigenvalue weighted by Crippen LogP contribution is 2.11. The van der Waals surface area contributed by atoms with Crippen molar-refractivity contribution in [2.45, 2.75) is 6.54 Å². The molecule has 0 heterocycles. The Balaban J connectivity index is 2.80. The molecule has 1 aromatic rings. The fourth-order valence-electron chi connectivity index (χ4n) is 1.38. The summed E-state index contributed by atoms with van der Waals surface area (Å²) < 4.78 is 13.4. The van der Waals surface area contributed by atoms with Gasteiger partial charge < -0.3 is 5.73 Å². The van der Waals surface area contributed by atoms with E-state index in [1.807, 2.05) is 6.07 Å². The number of nitrogens with zero attached hydrogens (tertiary/aromatic N) is 2. The summed E-state index contributed by atoms with van der Waals surface area (Å²) in [6.07, 6.45) is 0. The minimum atomic E-state index is -0.473. The fraction of sp³-hybridized carbons (Fsp3) is 0.273. The maximum absolute atomic E-state index is 13.4. The molecule has 16 heavy (non-hydrogen) atoms. The molecule has 0 aliphatic heterocycles. The van der Waals surface area contributed by atoms with Gasteiger partial charge in [-0.3, -0.25) is 9.69 Å². The van der Waals surface area contributed by atoms with Gasteiger partial charge in [0.25, 0.3) is 0 Å². The highest BCUT2D eigenvalue weighted by Gasteiger charge is 2.08. The van der Waals surface area contributed by atoms with E-state index in [-0.39, 0.29) is 13.1 Å². The number of hydrogen-bond acceptors (Lipinski definition) is 3. The number of rotatable bonds is 4. The van der Waals surface area contributed by atoms with Gasteiger partial charge in [0.15, 0.2) is 0 Å². The zero-order valence-electron chi connectivity index (χ0n) is 8.90. The quantitative estimate of drug-likeness (QED) is 0.810. The molecule has 0 atom stereocenters. The molecule has 0 saturated heterocycles. The van der Waals surface area contributed by atoms with Crippen LogP contribution in [0, 0.1) is 17.1 Å². The van der Waals surface area contributed by atoms with Crippen LogP contribution < -0.4 is 5.73 Å². The molecule has 0 fully saturated rings. The molecule has 5 heteroatoms. The lowest BCUT2D eigenvalue weighted by Gasteiger charge is -2.14. The SMILES string of the molecule is CN(CC(N)=O)Cc1cc(C#N)ccc1F. The maximum atomic E-state index is 13.4. The summed E-state index contributed by atoms with van der Waals surface area (Å²) in [5, 5.41) is 8.67. The predicted molar refractivity (Wildman–Crippen MR) is 56.6 cm³/mol. The lowest BCUT2D eigenvalue weighted by atomic mass is 10.1. The third-order valence-electron chi connectivity index (χ3n) is 2.04. The number of likely N-dealkylation sites (N-methyl/N-ethyl adjacent to an activating group) is 1. The van der Waals surface area contributed by atoms with E-state index in [0.717, 1.165) is 0 Å². The van der Waals surface area contributed by atoms with Gasteiger partial charge in [-0.25, -0.2) is 4.39 Å². The van der Waals surface area contributed by atoms with E-state index in [0.29, 0.717) is 11.1 Å². The molecule has 1 amide bonds. The van der Waals surface area contributed by atoms with Gasteiger partial charge in [0.1, 0.15) is 5.82 Å². The van der Waals surface area contributed by atoms with E-state index >= 15 is 0 Å². The Morgan fingerprint density at radius 2 is 2.31 bits per heavy atom. The van der Waals surface area contributed by atoms with Gasteiger partial charge in [-0.2, -0.15) is 5.26 Å². The number of carbonyl (C=O) groups is 1. The van der Waals surface area contributed by atoms with Crippen LogP contribution >= 0.6 is 0 Å². The summed E-state index contributed by atoms with van der Waals surface area (Å²) in [4.78, 5) is 12.2. The Morgan fingerprint density at radius 3 is 2.88 bits per heavy atom. The normalized spacial score (nSPS) is 10.1. The summed E-state index contributed by atoms with van der Waals surface area (Å²) in [7, 11) is 1.66. The minimum Gasteiger partial charge on any atom is -0.369 e. The van der Waals surface area contributed by atoms with Gasteiger partial charge in [-0.05, 0) is 25.2 Å². The second kappa shape index (κ2) is 5.24. The van der Waals surface area contributed by atoms with Crippen LogP contribution in [0.3, 0.4) is 0 Å². The molecule has 0 saturated carbocycles. The van der Waals surface area contributed by atoms with Crippen LogP contribution in [0.1, 0.15) is 11.1 Å². The van der Waals surface area contributed by atoms with Crippen LogP contribution in [0.5, 0.6) is 0 Å². The summed E-state index contributed by atoms with van der Waals surface area (Å²) in [6.45, 7) is 0.292. The van der Waals surface area contributed by atoms with E-state index in [4.69, 9.17) is 11.0 Å². The lowest BCUT2D eigenvalue weighted by Crippen LogP contribution is -2.30. The molecule has 1 aromatic carbocycles. The average Bonchev–Trinajstić information content (AvgIpc) is 2.20. The standard InChI is InChI=1S/C11H12FN3O/c1-15(7-11(14)16)6-9-4-8(5-13)2-3-10(9)12/h2-4H,6-7H2,1H3,(H2,14,16). The summed E-state index contributed by atoms with van der Waals surface area (Å²) >= 11 is 0. The molecule has 0 spiro atoms. The summed E-state index contributed by atoms with van der Waals surface area (Å²) in [5.74, 6) is -0.866. The van der Waals surface area contributed by atoms with Crippen molar-refractivity contribution in [3.8, 4) is 6.07 Å². The van der Waals surface area contributed by atoms with Crippen LogP contribution in [0.15, 0.2) is 18.2 Å². The van der Waals surface area contributed by atoms with Crippen molar-refractivity contribution in [2.75, 3.05) is 13.6 Å². The van der Waals surface area contributed by atoms with Gasteiger partial charge in [0.2, 0.25) is 5.91 Å². The number of nitriles is 1. The van der Waals surface area contributed by atoms with E-state index in [2.05, 4.69) is 0 Å². The predicted octanol–water partition coefficient (Wildman–Crippen LogP) is 0.614. The number of amides is 1. The van der Waals surface area contributed by atoms with Crippen LogP contribution in [0.2, 0.25) is 0 Å². The second-order valence-electron chi connectivity index (χ2n) is 3.56. The number of carbonyl (C=O) groups excluding carboxylic acids is 1. The van der Waals surface area contributed by atoms with Crippen LogP contribution in [0.4, 0.5) is 4.39 Å². The molecule has 0 aliphatic rings. The van der Waals surface area contributed by atoms with Crippen molar-refractivity contribution < 1.29 is 9.18 Å². The monoisotopic (exact) mass is 221 g/mol. The first-order valence-corrected chi connectivity index (χ1v) is 4.68. The lowest BCUT2D eigenvalue weighted by molar-refractivity contribution is -0.118. The Hall–Kier alpha value is -1.93. The molecule has 0 aliphatic carbocycles. The second-order valence-corrected chi connectivity index (χ2v) is 3.56. The highest BCUT2D eigenvalue weighted by atomic mass is 19.1.